The van der Waals surface area contributed by atoms with Crippen LogP contribution < -0.4 is 5.32 Å². The van der Waals surface area contributed by atoms with E-state index in [0.717, 1.165) is 56.5 Å². The van der Waals surface area contributed by atoms with Gasteiger partial charge in [0.25, 0.3) is 0 Å². The van der Waals surface area contributed by atoms with Crippen molar-refractivity contribution in [3.05, 3.63) is 72.9 Å². The molecule has 278 valence electrons. The molecule has 1 N–H and O–H groups in total. The Morgan fingerprint density at radius 1 is 0.673 bits per heavy atom. The van der Waals surface area contributed by atoms with Crippen molar-refractivity contribution in [1.29, 1.82) is 0 Å². The Kier molecular flexibility index (Phi) is 29.3. The minimum absolute atomic E-state index is 0.0224. The molecule has 0 saturated heterocycles. The number of carbonyl (C=O) groups is 3. The van der Waals surface area contributed by atoms with Crippen molar-refractivity contribution in [2.75, 3.05) is 31.8 Å². The quantitative estimate of drug-likeness (QED) is 0.0450. The minimum atomic E-state index is -0.556. The molecule has 1 atom stereocenters. The first kappa shape index (κ1) is 46.9. The summed E-state index contributed by atoms with van der Waals surface area (Å²) in [6.45, 7) is 13.1. The summed E-state index contributed by atoms with van der Waals surface area (Å²) in [5.74, 6) is 1.97. The third kappa shape index (κ3) is 30.4. The number of ether oxygens (including phenoxy) is 2. The van der Waals surface area contributed by atoms with Crippen molar-refractivity contribution >= 4 is 39.1 Å². The zero-order valence-corrected chi connectivity index (χ0v) is 33.3. The molecular formula is C41H67NO5S2. The fourth-order valence-electron chi connectivity index (χ4n) is 4.54. The average molecular weight is 718 g/mol. The van der Waals surface area contributed by atoms with Gasteiger partial charge in [0.15, 0.2) is 5.78 Å². The molecule has 49 heavy (non-hydrogen) atoms. The molecule has 0 rings (SSSR count). The van der Waals surface area contributed by atoms with Gasteiger partial charge in [0.1, 0.15) is 11.9 Å². The van der Waals surface area contributed by atoms with E-state index < -0.39 is 11.5 Å². The number of amides is 1. The van der Waals surface area contributed by atoms with Gasteiger partial charge in [-0.25, -0.2) is 0 Å². The van der Waals surface area contributed by atoms with E-state index in [4.69, 9.17) is 9.47 Å². The third-order valence-corrected chi connectivity index (χ3v) is 9.66. The van der Waals surface area contributed by atoms with E-state index in [1.54, 1.807) is 28.7 Å². The molecule has 0 unspecified atom stereocenters. The second-order valence-corrected chi connectivity index (χ2v) is 16.3. The van der Waals surface area contributed by atoms with Gasteiger partial charge in [0.2, 0.25) is 5.91 Å². The largest absolute Gasteiger partial charge is 0.375 e. The summed E-state index contributed by atoms with van der Waals surface area (Å²) in [6, 6.07) is 0. The highest BCUT2D eigenvalue weighted by Crippen LogP contribution is 2.28. The SMILES string of the molecule is CC/C=C\C/C=C\C/C=C\C/C=C\C/C=C\C/C=C\CC(=O)NCCSSCCCC(=O)CCCC(=O)[C@H](OC)C(C)(C)COC(C)(C)C. The predicted octanol–water partition coefficient (Wildman–Crippen LogP) is 10.5. The summed E-state index contributed by atoms with van der Waals surface area (Å²) < 4.78 is 11.4. The van der Waals surface area contributed by atoms with Crippen LogP contribution in [0.1, 0.15) is 119 Å². The fraction of sp³-hybridized carbons (Fsp3) is 0.634. The van der Waals surface area contributed by atoms with Crippen LogP contribution >= 0.6 is 21.6 Å². The maximum atomic E-state index is 12.8. The van der Waals surface area contributed by atoms with E-state index >= 15 is 0 Å². The number of carbonyl (C=O) groups excluding carboxylic acids is 3. The van der Waals surface area contributed by atoms with Crippen molar-refractivity contribution in [3.63, 3.8) is 0 Å². The monoisotopic (exact) mass is 717 g/mol. The van der Waals surface area contributed by atoms with E-state index in [0.29, 0.717) is 45.3 Å². The molecule has 0 aliphatic rings. The molecule has 0 aromatic rings. The summed E-state index contributed by atoms with van der Waals surface area (Å²) in [5, 5.41) is 2.95. The topological polar surface area (TPSA) is 81.7 Å². The van der Waals surface area contributed by atoms with Gasteiger partial charge in [-0.2, -0.15) is 0 Å². The van der Waals surface area contributed by atoms with Gasteiger partial charge in [-0.15, -0.1) is 0 Å². The molecule has 0 aromatic carbocycles. The Morgan fingerprint density at radius 2 is 1.16 bits per heavy atom. The lowest BCUT2D eigenvalue weighted by molar-refractivity contribution is -0.143. The highest BCUT2D eigenvalue weighted by molar-refractivity contribution is 8.76. The van der Waals surface area contributed by atoms with Gasteiger partial charge >= 0.3 is 0 Å². The van der Waals surface area contributed by atoms with Crippen molar-refractivity contribution in [3.8, 4) is 0 Å². The zero-order valence-electron chi connectivity index (χ0n) is 31.7. The molecule has 0 saturated carbocycles. The van der Waals surface area contributed by atoms with Gasteiger partial charge in [-0.05, 0) is 72.1 Å². The first-order valence-corrected chi connectivity index (χ1v) is 20.5. The lowest BCUT2D eigenvalue weighted by Gasteiger charge is -2.34. The third-order valence-electron chi connectivity index (χ3n) is 7.17. The normalized spacial score (nSPS) is 13.7. The van der Waals surface area contributed by atoms with E-state index in [1.807, 2.05) is 46.8 Å². The van der Waals surface area contributed by atoms with Crippen LogP contribution in [0.15, 0.2) is 72.9 Å². The maximum Gasteiger partial charge on any atom is 0.223 e. The Hall–Kier alpha value is -2.13. The predicted molar refractivity (Wildman–Crippen MR) is 214 cm³/mol. The number of methoxy groups -OCH3 is 1. The lowest BCUT2D eigenvalue weighted by Crippen LogP contribution is -2.43. The van der Waals surface area contributed by atoms with Crippen molar-refractivity contribution in [2.24, 2.45) is 5.41 Å². The fourth-order valence-corrected chi connectivity index (χ4v) is 6.54. The zero-order chi connectivity index (χ0) is 36.6. The van der Waals surface area contributed by atoms with Gasteiger partial charge < -0.3 is 14.8 Å². The van der Waals surface area contributed by atoms with Crippen LogP contribution in [0.5, 0.6) is 0 Å². The molecule has 0 heterocycles. The highest BCUT2D eigenvalue weighted by atomic mass is 33.1. The van der Waals surface area contributed by atoms with Gasteiger partial charge in [0.05, 0.1) is 12.2 Å². The van der Waals surface area contributed by atoms with Crippen molar-refractivity contribution < 1.29 is 23.9 Å². The van der Waals surface area contributed by atoms with E-state index in [-0.39, 0.29) is 23.1 Å². The van der Waals surface area contributed by atoms with Gasteiger partial charge in [-0.3, -0.25) is 14.4 Å². The minimum Gasteiger partial charge on any atom is -0.375 e. The maximum absolute atomic E-state index is 12.8. The summed E-state index contributed by atoms with van der Waals surface area (Å²) in [4.78, 5) is 37.1. The summed E-state index contributed by atoms with van der Waals surface area (Å²) >= 11 is 0. The molecule has 0 fully saturated rings. The summed E-state index contributed by atoms with van der Waals surface area (Å²) in [6.07, 6.45) is 34.1. The van der Waals surface area contributed by atoms with Gasteiger partial charge in [0, 0.05) is 56.3 Å². The first-order valence-electron chi connectivity index (χ1n) is 18.0. The standard InChI is InChI=1S/C41H67NO5S2/c1-8-9-10-11-12-13-14-15-16-17-18-19-20-21-22-23-24-25-31-38(45)42-32-34-49-48-33-27-29-36(43)28-26-30-37(44)39(46-7)41(5,6)35-47-40(2,3)4/h9-10,12-13,15-16,18-19,21-22,24-25,39H,8,11,14,17,20,23,26-35H2,1-7H3,(H,42,45)/b10-9-,13-12-,16-15-,19-18-,22-21-,25-24-/t39-/m0/s1. The summed E-state index contributed by atoms with van der Waals surface area (Å²) in [7, 11) is 5.00. The molecule has 8 heteroatoms. The van der Waals surface area contributed by atoms with Crippen LogP contribution in [0.25, 0.3) is 0 Å². The molecular weight excluding hydrogens is 651 g/mol. The molecule has 6 nitrogen and oxygen atoms in total. The molecule has 0 aromatic heterocycles. The van der Waals surface area contributed by atoms with Crippen LogP contribution in [-0.2, 0) is 23.9 Å². The Morgan fingerprint density at radius 3 is 1.67 bits per heavy atom. The lowest BCUT2D eigenvalue weighted by atomic mass is 9.83. The van der Waals surface area contributed by atoms with Crippen LogP contribution in [-0.4, -0.2) is 60.9 Å². The number of hydrogen-bond donors (Lipinski definition) is 1. The average Bonchev–Trinajstić information content (AvgIpc) is 3.04. The smallest absolute Gasteiger partial charge is 0.223 e. The second kappa shape index (κ2) is 30.7. The van der Waals surface area contributed by atoms with Gasteiger partial charge in [-0.1, -0.05) is 115 Å². The molecule has 0 bridgehead atoms. The van der Waals surface area contributed by atoms with Crippen molar-refractivity contribution in [2.45, 2.75) is 130 Å². The number of ketones is 2. The van der Waals surface area contributed by atoms with Crippen LogP contribution in [0.2, 0.25) is 0 Å². The molecule has 0 aliphatic heterocycles. The molecule has 1 amide bonds. The van der Waals surface area contributed by atoms with E-state index in [1.165, 1.54) is 0 Å². The second-order valence-electron chi connectivity index (χ2n) is 13.6. The van der Waals surface area contributed by atoms with Crippen molar-refractivity contribution in [1.82, 2.24) is 5.32 Å². The Balaban J connectivity index is 3.81. The van der Waals surface area contributed by atoms with E-state index in [9.17, 15) is 14.4 Å². The number of Topliss-reactive ketones (excluding diaryl/α,β-unsaturated/α-hetero) is 2. The van der Waals surface area contributed by atoms with Crippen LogP contribution in [0.4, 0.5) is 0 Å². The molecule has 0 radical (unpaired) electrons. The van der Waals surface area contributed by atoms with Crippen LogP contribution in [0, 0.1) is 5.41 Å². The summed E-state index contributed by atoms with van der Waals surface area (Å²) in [5.41, 5.74) is -0.732. The number of hydrogen-bond acceptors (Lipinski definition) is 7. The van der Waals surface area contributed by atoms with E-state index in [2.05, 4.69) is 73.0 Å². The van der Waals surface area contributed by atoms with Crippen LogP contribution in [0.3, 0.4) is 0 Å². The number of rotatable bonds is 30. The molecule has 0 spiro atoms. The first-order chi connectivity index (χ1) is 23.4. The molecule has 0 aliphatic carbocycles. The Bertz CT molecular complexity index is 1070. The Labute approximate surface area is 307 Å². The number of allylic oxidation sites excluding steroid dienone is 11. The number of nitrogens with one attached hydrogen (secondary N) is 1. The highest BCUT2D eigenvalue weighted by Gasteiger charge is 2.36.